The first-order chi connectivity index (χ1) is 16.7. The first-order valence-corrected chi connectivity index (χ1v) is 12.3. The van der Waals surface area contributed by atoms with Crippen LogP contribution >= 0.6 is 0 Å². The van der Waals surface area contributed by atoms with Gasteiger partial charge in [-0.3, -0.25) is 9.78 Å². The van der Waals surface area contributed by atoms with Crippen molar-refractivity contribution in [1.29, 1.82) is 0 Å². The number of benzene rings is 1. The average molecular weight is 476 g/mol. The van der Waals surface area contributed by atoms with Gasteiger partial charge in [-0.25, -0.2) is 0 Å². The van der Waals surface area contributed by atoms with Gasteiger partial charge in [0, 0.05) is 60.9 Å². The molecule has 0 aliphatic carbocycles. The van der Waals surface area contributed by atoms with Crippen molar-refractivity contribution < 1.29 is 14.4 Å². The van der Waals surface area contributed by atoms with E-state index in [0.29, 0.717) is 41.7 Å². The van der Waals surface area contributed by atoms with Crippen LogP contribution in [0.15, 0.2) is 47.2 Å². The Morgan fingerprint density at radius 1 is 1.20 bits per heavy atom. The highest BCUT2D eigenvalue weighted by Crippen LogP contribution is 2.50. The zero-order valence-corrected chi connectivity index (χ0v) is 20.8. The third-order valence-electron chi connectivity index (χ3n) is 7.56. The smallest absolute Gasteiger partial charge is 0.230 e. The number of pyridine rings is 1. The molecule has 35 heavy (non-hydrogen) atoms. The lowest BCUT2D eigenvalue weighted by Crippen LogP contribution is -2.63. The van der Waals surface area contributed by atoms with E-state index < -0.39 is 5.60 Å². The Bertz CT molecular complexity index is 1220. The molecule has 2 N–H and O–H groups in total. The van der Waals surface area contributed by atoms with Crippen molar-refractivity contribution in [3.8, 4) is 11.4 Å². The van der Waals surface area contributed by atoms with E-state index in [1.807, 2.05) is 18.2 Å². The lowest BCUT2D eigenvalue weighted by atomic mass is 9.62. The van der Waals surface area contributed by atoms with Gasteiger partial charge in [0.15, 0.2) is 0 Å². The average Bonchev–Trinajstić information content (AvgIpc) is 3.33. The van der Waals surface area contributed by atoms with E-state index in [1.165, 1.54) is 5.56 Å². The number of nitrogens with one attached hydrogen (secondary N) is 1. The van der Waals surface area contributed by atoms with Crippen LogP contribution in [0, 0.1) is 5.41 Å². The van der Waals surface area contributed by atoms with Crippen LogP contribution in [-0.4, -0.2) is 57.7 Å². The molecule has 2 aliphatic heterocycles. The summed E-state index contributed by atoms with van der Waals surface area (Å²) in [4.78, 5) is 23.0. The molecule has 2 saturated heterocycles. The minimum Gasteiger partial charge on any atom is -0.380 e. The molecule has 2 fully saturated rings. The van der Waals surface area contributed by atoms with Crippen LogP contribution in [0.2, 0.25) is 0 Å². The van der Waals surface area contributed by atoms with Gasteiger partial charge < -0.3 is 19.8 Å². The fourth-order valence-electron chi connectivity index (χ4n) is 5.62. The van der Waals surface area contributed by atoms with Gasteiger partial charge in [0.05, 0.1) is 0 Å². The fraction of sp³-hybridized carbons (Fsp3) is 0.481. The van der Waals surface area contributed by atoms with E-state index in [0.717, 1.165) is 25.1 Å². The van der Waals surface area contributed by atoms with E-state index >= 15 is 0 Å². The van der Waals surface area contributed by atoms with Gasteiger partial charge in [0.2, 0.25) is 17.6 Å². The summed E-state index contributed by atoms with van der Waals surface area (Å²) in [5.74, 6) is 1.20. The van der Waals surface area contributed by atoms with Crippen LogP contribution in [0.5, 0.6) is 0 Å². The fourth-order valence-corrected chi connectivity index (χ4v) is 5.62. The van der Waals surface area contributed by atoms with Crippen molar-refractivity contribution in [1.82, 2.24) is 25.3 Å². The molecule has 8 nitrogen and oxygen atoms in total. The quantitative estimate of drug-likeness (QED) is 0.563. The van der Waals surface area contributed by atoms with E-state index in [-0.39, 0.29) is 17.2 Å². The number of hydrogen-bond acceptors (Lipinski definition) is 7. The highest BCUT2D eigenvalue weighted by atomic mass is 16.5. The maximum Gasteiger partial charge on any atom is 0.230 e. The highest BCUT2D eigenvalue weighted by Gasteiger charge is 2.55. The van der Waals surface area contributed by atoms with Crippen molar-refractivity contribution in [2.75, 3.05) is 26.7 Å². The SMILES string of the molecule is CC(C)c1ccc([C@](O)(c2cncc(-c3noc([C@@H]4CCNC(=O)C4)n3)c2)C2(C)CN(C)C2)cc1. The number of aliphatic hydroxyl groups is 1. The Morgan fingerprint density at radius 3 is 2.60 bits per heavy atom. The molecule has 3 aromatic rings. The summed E-state index contributed by atoms with van der Waals surface area (Å²) in [7, 11) is 2.06. The summed E-state index contributed by atoms with van der Waals surface area (Å²) in [6.07, 6.45) is 4.53. The standard InChI is InChI=1S/C27H33N5O3/c1-17(2)18-5-7-21(8-6-18)27(34,26(3)15-32(4)16-26)22-11-20(13-28-14-22)24-30-25(35-31-24)19-9-10-29-23(33)12-19/h5-8,11,13-14,17,19,34H,9-10,12,15-16H2,1-4H3,(H,29,33)/t19-,27+/m1/s1. The molecule has 8 heteroatoms. The second kappa shape index (κ2) is 8.84. The first-order valence-electron chi connectivity index (χ1n) is 12.3. The van der Waals surface area contributed by atoms with E-state index in [4.69, 9.17) is 4.52 Å². The lowest BCUT2D eigenvalue weighted by molar-refractivity contribution is -0.127. The van der Waals surface area contributed by atoms with E-state index in [9.17, 15) is 9.90 Å². The van der Waals surface area contributed by atoms with Gasteiger partial charge in [-0.15, -0.1) is 0 Å². The number of hydrogen-bond donors (Lipinski definition) is 2. The number of carbonyl (C=O) groups is 1. The number of likely N-dealkylation sites (tertiary alicyclic amines) is 1. The molecule has 5 rings (SSSR count). The molecule has 2 aromatic heterocycles. The Hall–Kier alpha value is -3.10. The molecule has 2 atom stereocenters. The molecule has 4 heterocycles. The Morgan fingerprint density at radius 2 is 1.94 bits per heavy atom. The van der Waals surface area contributed by atoms with Crippen molar-refractivity contribution in [2.45, 2.75) is 51.0 Å². The van der Waals surface area contributed by atoms with Gasteiger partial charge in [-0.2, -0.15) is 4.98 Å². The Balaban J connectivity index is 1.52. The molecule has 0 unspecified atom stereocenters. The minimum absolute atomic E-state index is 0.00285. The highest BCUT2D eigenvalue weighted by molar-refractivity contribution is 5.77. The zero-order valence-electron chi connectivity index (χ0n) is 20.8. The van der Waals surface area contributed by atoms with Gasteiger partial charge >= 0.3 is 0 Å². The summed E-state index contributed by atoms with van der Waals surface area (Å²) < 4.78 is 5.53. The van der Waals surface area contributed by atoms with Crippen LogP contribution in [0.25, 0.3) is 11.4 Å². The maximum atomic E-state index is 12.4. The molecule has 184 valence electrons. The second-order valence-corrected chi connectivity index (χ2v) is 10.7. The second-order valence-electron chi connectivity index (χ2n) is 10.7. The summed E-state index contributed by atoms with van der Waals surface area (Å²) in [6, 6.07) is 10.2. The Kier molecular flexibility index (Phi) is 5.97. The van der Waals surface area contributed by atoms with Gasteiger partial charge in [0.25, 0.3) is 0 Å². The molecule has 2 aliphatic rings. The molecular formula is C27H33N5O3. The predicted molar refractivity (Wildman–Crippen MR) is 132 cm³/mol. The number of rotatable bonds is 6. The van der Waals surface area contributed by atoms with Crippen molar-refractivity contribution >= 4 is 5.91 Å². The normalized spacial score (nSPS) is 21.9. The number of aromatic nitrogens is 3. The third kappa shape index (κ3) is 4.15. The molecule has 1 amide bonds. The topological polar surface area (TPSA) is 104 Å². The number of carbonyl (C=O) groups excluding carboxylic acids is 1. The lowest BCUT2D eigenvalue weighted by Gasteiger charge is -2.55. The summed E-state index contributed by atoms with van der Waals surface area (Å²) >= 11 is 0. The number of piperidine rings is 1. The van der Waals surface area contributed by atoms with Gasteiger partial charge in [-0.1, -0.05) is 50.2 Å². The van der Waals surface area contributed by atoms with Crippen LogP contribution in [-0.2, 0) is 10.4 Å². The van der Waals surface area contributed by atoms with E-state index in [2.05, 4.69) is 65.3 Å². The van der Waals surface area contributed by atoms with Crippen LogP contribution in [0.4, 0.5) is 0 Å². The molecule has 0 spiro atoms. The van der Waals surface area contributed by atoms with Crippen LogP contribution in [0.3, 0.4) is 0 Å². The van der Waals surface area contributed by atoms with E-state index in [1.54, 1.807) is 12.4 Å². The molecule has 0 radical (unpaired) electrons. The maximum absolute atomic E-state index is 12.4. The van der Waals surface area contributed by atoms with Crippen molar-refractivity contribution in [3.05, 3.63) is 65.3 Å². The van der Waals surface area contributed by atoms with Crippen molar-refractivity contribution in [2.24, 2.45) is 5.41 Å². The molecule has 0 saturated carbocycles. The van der Waals surface area contributed by atoms with Crippen LogP contribution in [0.1, 0.15) is 68.0 Å². The first kappa shape index (κ1) is 23.6. The monoisotopic (exact) mass is 475 g/mol. The molecular weight excluding hydrogens is 442 g/mol. The summed E-state index contributed by atoms with van der Waals surface area (Å²) in [5, 5.41) is 19.4. The molecule has 1 aromatic carbocycles. The zero-order chi connectivity index (χ0) is 24.8. The number of nitrogens with zero attached hydrogens (tertiary/aromatic N) is 4. The summed E-state index contributed by atoms with van der Waals surface area (Å²) in [6.45, 7) is 8.57. The third-order valence-corrected chi connectivity index (χ3v) is 7.56. The minimum atomic E-state index is -1.24. The molecule has 0 bridgehead atoms. The van der Waals surface area contributed by atoms with Gasteiger partial charge in [-0.05, 0) is 36.6 Å². The summed E-state index contributed by atoms with van der Waals surface area (Å²) in [5.41, 5.74) is 1.82. The van der Waals surface area contributed by atoms with Gasteiger partial charge in [0.1, 0.15) is 5.60 Å². The Labute approximate surface area is 205 Å². The van der Waals surface area contributed by atoms with Crippen molar-refractivity contribution in [3.63, 3.8) is 0 Å². The number of amides is 1. The largest absolute Gasteiger partial charge is 0.380 e. The predicted octanol–water partition coefficient (Wildman–Crippen LogP) is 3.44. The van der Waals surface area contributed by atoms with Crippen LogP contribution < -0.4 is 5.32 Å².